The first-order chi connectivity index (χ1) is 16.6. The number of hydrogen-bond donors (Lipinski definition) is 1. The van der Waals surface area contributed by atoms with Gasteiger partial charge in [0, 0.05) is 13.1 Å². The number of para-hydroxylation sites is 2. The number of sulfonamides is 1. The lowest BCUT2D eigenvalue weighted by Crippen LogP contribution is -2.45. The van der Waals surface area contributed by atoms with Crippen LogP contribution in [-0.4, -0.2) is 47.1 Å². The molecular weight excluding hydrogens is 492 g/mol. The number of anilines is 1. The molecule has 35 heavy (non-hydrogen) atoms. The average molecular weight is 523 g/mol. The van der Waals surface area contributed by atoms with Crippen LogP contribution in [0.4, 0.5) is 5.69 Å². The van der Waals surface area contributed by atoms with Crippen molar-refractivity contribution in [3.8, 4) is 5.75 Å². The fraction of sp³-hybridized carbons (Fsp3) is 0.440. The third kappa shape index (κ3) is 6.08. The molecule has 8 nitrogen and oxygen atoms in total. The van der Waals surface area contributed by atoms with Crippen molar-refractivity contribution in [1.29, 1.82) is 0 Å². The minimum atomic E-state index is -4.05. The number of nitrogens with zero attached hydrogens (tertiary/aromatic N) is 1. The van der Waals surface area contributed by atoms with Gasteiger partial charge >= 0.3 is 5.97 Å². The number of methoxy groups -OCH3 is 1. The van der Waals surface area contributed by atoms with E-state index in [9.17, 15) is 18.0 Å². The fourth-order valence-corrected chi connectivity index (χ4v) is 5.67. The Labute approximate surface area is 211 Å². The van der Waals surface area contributed by atoms with E-state index in [1.54, 1.807) is 24.3 Å². The second kappa shape index (κ2) is 11.3. The number of nitrogens with one attached hydrogen (secondary N) is 1. The highest BCUT2D eigenvalue weighted by Crippen LogP contribution is 2.32. The van der Waals surface area contributed by atoms with E-state index in [2.05, 4.69) is 19.2 Å². The molecule has 0 aliphatic heterocycles. The SMILES string of the molecule is COc1ccccc1N(C)S(=O)(=O)c1ccc(Cl)c(C(=O)OCC(=O)N[C@@H]2CCC[C@@H](C)[C@H]2C)c1. The van der Waals surface area contributed by atoms with Gasteiger partial charge in [-0.25, -0.2) is 13.2 Å². The van der Waals surface area contributed by atoms with Gasteiger partial charge in [-0.15, -0.1) is 0 Å². The van der Waals surface area contributed by atoms with Gasteiger partial charge in [-0.05, 0) is 48.6 Å². The van der Waals surface area contributed by atoms with Crippen LogP contribution in [0.5, 0.6) is 5.75 Å². The number of amides is 1. The Morgan fingerprint density at radius 1 is 1.14 bits per heavy atom. The zero-order chi connectivity index (χ0) is 25.8. The molecule has 190 valence electrons. The highest BCUT2D eigenvalue weighted by Gasteiger charge is 2.29. The predicted octanol–water partition coefficient (Wildman–Crippen LogP) is 4.27. The van der Waals surface area contributed by atoms with E-state index in [1.165, 1.54) is 26.3 Å². The first kappa shape index (κ1) is 26.8. The minimum absolute atomic E-state index is 0.0176. The Morgan fingerprint density at radius 2 is 1.86 bits per heavy atom. The summed E-state index contributed by atoms with van der Waals surface area (Å²) in [6, 6.07) is 10.5. The normalized spacial score (nSPS) is 20.1. The summed E-state index contributed by atoms with van der Waals surface area (Å²) in [6.07, 6.45) is 3.06. The van der Waals surface area contributed by atoms with Gasteiger partial charge in [-0.3, -0.25) is 9.10 Å². The molecule has 1 amide bonds. The van der Waals surface area contributed by atoms with Gasteiger partial charge in [-0.2, -0.15) is 0 Å². The molecule has 3 rings (SSSR count). The molecule has 0 aromatic heterocycles. The number of halogens is 1. The van der Waals surface area contributed by atoms with E-state index in [0.717, 1.165) is 29.6 Å². The molecule has 1 aliphatic rings. The minimum Gasteiger partial charge on any atom is -0.495 e. The van der Waals surface area contributed by atoms with E-state index < -0.39 is 28.5 Å². The van der Waals surface area contributed by atoms with Crippen LogP contribution in [0.2, 0.25) is 5.02 Å². The summed E-state index contributed by atoms with van der Waals surface area (Å²) in [7, 11) is -1.22. The maximum absolute atomic E-state index is 13.2. The van der Waals surface area contributed by atoms with Crippen LogP contribution >= 0.6 is 11.6 Å². The molecule has 1 saturated carbocycles. The van der Waals surface area contributed by atoms with Crippen LogP contribution in [0.25, 0.3) is 0 Å². The van der Waals surface area contributed by atoms with Crippen LogP contribution in [0.1, 0.15) is 43.5 Å². The number of benzene rings is 2. The van der Waals surface area contributed by atoms with Crippen LogP contribution in [0.3, 0.4) is 0 Å². The largest absolute Gasteiger partial charge is 0.495 e. The maximum atomic E-state index is 13.2. The van der Waals surface area contributed by atoms with Gasteiger partial charge in [0.05, 0.1) is 28.3 Å². The summed E-state index contributed by atoms with van der Waals surface area (Å²) in [4.78, 5) is 24.9. The lowest BCUT2D eigenvalue weighted by Gasteiger charge is -2.34. The molecule has 2 aromatic carbocycles. The molecule has 0 spiro atoms. The predicted molar refractivity (Wildman–Crippen MR) is 134 cm³/mol. The van der Waals surface area contributed by atoms with Gasteiger partial charge in [0.15, 0.2) is 6.61 Å². The first-order valence-corrected chi connectivity index (χ1v) is 13.3. The average Bonchev–Trinajstić information content (AvgIpc) is 2.85. The van der Waals surface area contributed by atoms with Crippen molar-refractivity contribution >= 4 is 39.2 Å². The zero-order valence-corrected chi connectivity index (χ0v) is 21.9. The van der Waals surface area contributed by atoms with Crippen molar-refractivity contribution in [1.82, 2.24) is 5.32 Å². The molecule has 0 unspecified atom stereocenters. The number of esters is 1. The molecule has 0 heterocycles. The van der Waals surface area contributed by atoms with E-state index >= 15 is 0 Å². The zero-order valence-electron chi connectivity index (χ0n) is 20.3. The monoisotopic (exact) mass is 522 g/mol. The molecular formula is C25H31ClN2O6S. The summed E-state index contributed by atoms with van der Waals surface area (Å²) < 4.78 is 38.0. The van der Waals surface area contributed by atoms with E-state index in [1.807, 2.05) is 0 Å². The van der Waals surface area contributed by atoms with Crippen molar-refractivity contribution < 1.29 is 27.5 Å². The number of rotatable bonds is 8. The van der Waals surface area contributed by atoms with E-state index in [-0.39, 0.29) is 21.5 Å². The summed E-state index contributed by atoms with van der Waals surface area (Å²) in [5.74, 6) is -0.0683. The quantitative estimate of drug-likeness (QED) is 0.519. The maximum Gasteiger partial charge on any atom is 0.340 e. The number of carbonyl (C=O) groups is 2. The second-order valence-electron chi connectivity index (χ2n) is 8.80. The van der Waals surface area contributed by atoms with Gasteiger partial charge in [0.2, 0.25) is 0 Å². The van der Waals surface area contributed by atoms with Crippen LogP contribution < -0.4 is 14.4 Å². The lowest BCUT2D eigenvalue weighted by atomic mass is 9.78. The first-order valence-electron chi connectivity index (χ1n) is 11.4. The third-order valence-electron chi connectivity index (χ3n) is 6.63. The van der Waals surface area contributed by atoms with Crippen LogP contribution in [0, 0.1) is 11.8 Å². The number of ether oxygens (including phenoxy) is 2. The molecule has 0 radical (unpaired) electrons. The Kier molecular flexibility index (Phi) is 8.66. The van der Waals surface area contributed by atoms with Crippen molar-refractivity contribution in [2.75, 3.05) is 25.1 Å². The van der Waals surface area contributed by atoms with Crippen LogP contribution in [0.15, 0.2) is 47.4 Å². The van der Waals surface area contributed by atoms with Gasteiger partial charge < -0.3 is 14.8 Å². The van der Waals surface area contributed by atoms with Gasteiger partial charge in [-0.1, -0.05) is 50.4 Å². The van der Waals surface area contributed by atoms with Crippen molar-refractivity contribution in [3.05, 3.63) is 53.1 Å². The second-order valence-corrected chi connectivity index (χ2v) is 11.2. The van der Waals surface area contributed by atoms with Crippen molar-refractivity contribution in [2.45, 2.75) is 44.0 Å². The molecule has 3 atom stereocenters. The highest BCUT2D eigenvalue weighted by atomic mass is 35.5. The summed E-state index contributed by atoms with van der Waals surface area (Å²) in [5.41, 5.74) is 0.186. The Balaban J connectivity index is 1.72. The summed E-state index contributed by atoms with van der Waals surface area (Å²) >= 11 is 6.16. The molecule has 2 aromatic rings. The standard InChI is InChI=1S/C25H31ClN2O6S/c1-16-8-7-9-21(17(16)2)27-24(29)15-34-25(30)19-14-18(12-13-20(19)26)35(31,32)28(3)22-10-5-6-11-23(22)33-4/h5-6,10-14,16-17,21H,7-9,15H2,1-4H3,(H,27,29)/t16-,17-,21-/m1/s1. The number of hydrogen-bond acceptors (Lipinski definition) is 6. The molecule has 0 saturated heterocycles. The van der Waals surface area contributed by atoms with Gasteiger partial charge in [0.1, 0.15) is 5.75 Å². The molecule has 1 aliphatic carbocycles. The van der Waals surface area contributed by atoms with E-state index in [0.29, 0.717) is 23.3 Å². The molecule has 10 heteroatoms. The lowest BCUT2D eigenvalue weighted by molar-refractivity contribution is -0.125. The molecule has 0 bridgehead atoms. The van der Waals surface area contributed by atoms with E-state index in [4.69, 9.17) is 21.1 Å². The van der Waals surface area contributed by atoms with Crippen molar-refractivity contribution in [3.63, 3.8) is 0 Å². The Bertz CT molecular complexity index is 1190. The summed E-state index contributed by atoms with van der Waals surface area (Å²) in [5, 5.41) is 2.95. The third-order valence-corrected chi connectivity index (χ3v) is 8.73. The highest BCUT2D eigenvalue weighted by molar-refractivity contribution is 7.92. The molecule has 1 fully saturated rings. The Morgan fingerprint density at radius 3 is 2.57 bits per heavy atom. The number of carbonyl (C=O) groups excluding carboxylic acids is 2. The molecule has 1 N–H and O–H groups in total. The smallest absolute Gasteiger partial charge is 0.340 e. The Hall–Kier alpha value is -2.78. The summed E-state index contributed by atoms with van der Waals surface area (Å²) in [6.45, 7) is 3.79. The van der Waals surface area contributed by atoms with Crippen molar-refractivity contribution in [2.24, 2.45) is 11.8 Å². The van der Waals surface area contributed by atoms with Gasteiger partial charge in [0.25, 0.3) is 15.9 Å². The van der Waals surface area contributed by atoms with Crippen LogP contribution in [-0.2, 0) is 19.6 Å². The topological polar surface area (TPSA) is 102 Å². The fourth-order valence-electron chi connectivity index (χ4n) is 4.24.